The number of fused-ring (bicyclic) bond motifs is 1. The number of rotatable bonds is 6. The first-order chi connectivity index (χ1) is 15.0. The summed E-state index contributed by atoms with van der Waals surface area (Å²) in [6.45, 7) is 1.86. The quantitative estimate of drug-likeness (QED) is 0.476. The molecule has 0 atom stereocenters. The van der Waals surface area contributed by atoms with E-state index in [4.69, 9.17) is 4.42 Å². The summed E-state index contributed by atoms with van der Waals surface area (Å²) in [5.41, 5.74) is 1.57. The van der Waals surface area contributed by atoms with Crippen LogP contribution in [0.2, 0.25) is 0 Å². The van der Waals surface area contributed by atoms with Gasteiger partial charge in [-0.15, -0.1) is 5.10 Å². The fourth-order valence-electron chi connectivity index (χ4n) is 3.21. The molecule has 4 rings (SSSR count). The van der Waals surface area contributed by atoms with Crippen molar-refractivity contribution in [3.63, 3.8) is 0 Å². The summed E-state index contributed by atoms with van der Waals surface area (Å²) in [6, 6.07) is 9.92. The van der Waals surface area contributed by atoms with Crippen LogP contribution in [0.3, 0.4) is 0 Å². The van der Waals surface area contributed by atoms with Gasteiger partial charge in [0, 0.05) is 12.3 Å². The van der Waals surface area contributed by atoms with E-state index in [1.165, 1.54) is 24.0 Å². The molecule has 4 aromatic rings. The van der Waals surface area contributed by atoms with E-state index in [-0.39, 0.29) is 29.3 Å². The average molecular weight is 422 g/mol. The molecule has 0 saturated carbocycles. The number of anilines is 1. The molecule has 0 radical (unpaired) electrons. The zero-order valence-electron chi connectivity index (χ0n) is 16.9. The minimum absolute atomic E-state index is 0.0570. The van der Waals surface area contributed by atoms with Gasteiger partial charge in [-0.1, -0.05) is 19.1 Å². The lowest BCUT2D eigenvalue weighted by Crippen LogP contribution is -2.18. The number of nitrogens with zero attached hydrogens (tertiary/aromatic N) is 3. The van der Waals surface area contributed by atoms with Crippen LogP contribution in [-0.4, -0.2) is 33.6 Å². The number of hydrogen-bond donors (Lipinski definition) is 1. The zero-order valence-corrected chi connectivity index (χ0v) is 16.9. The molecule has 0 saturated heterocycles. The van der Waals surface area contributed by atoms with Gasteiger partial charge in [-0.3, -0.25) is 9.59 Å². The van der Waals surface area contributed by atoms with Crippen molar-refractivity contribution in [2.45, 2.75) is 19.8 Å². The van der Waals surface area contributed by atoms with Crippen LogP contribution < -0.4 is 5.32 Å². The maximum atomic E-state index is 14.9. The maximum Gasteiger partial charge on any atom is 0.313 e. The molecule has 0 aliphatic heterocycles. The molecule has 3 heterocycles. The Morgan fingerprint density at radius 2 is 2.06 bits per heavy atom. The van der Waals surface area contributed by atoms with Crippen LogP contribution in [0.5, 0.6) is 0 Å². The molecule has 0 aliphatic rings. The van der Waals surface area contributed by atoms with Crippen molar-refractivity contribution in [1.29, 1.82) is 0 Å². The Bertz CT molecular complexity index is 1280. The number of ether oxygens (including phenoxy) is 1. The second kappa shape index (κ2) is 8.39. The van der Waals surface area contributed by atoms with E-state index in [0.717, 1.165) is 0 Å². The van der Waals surface area contributed by atoms with Gasteiger partial charge < -0.3 is 14.5 Å². The minimum atomic E-state index is -0.549. The van der Waals surface area contributed by atoms with Crippen molar-refractivity contribution in [1.82, 2.24) is 14.6 Å². The van der Waals surface area contributed by atoms with Gasteiger partial charge in [-0.25, -0.2) is 13.9 Å². The molecular weight excluding hydrogens is 403 g/mol. The predicted octanol–water partition coefficient (Wildman–Crippen LogP) is 3.66. The highest BCUT2D eigenvalue weighted by molar-refractivity contribution is 6.07. The number of benzene rings is 1. The molecule has 9 heteroatoms. The first-order valence-corrected chi connectivity index (χ1v) is 9.59. The Morgan fingerprint density at radius 1 is 1.23 bits per heavy atom. The lowest BCUT2D eigenvalue weighted by Gasteiger charge is -2.10. The molecule has 158 valence electrons. The van der Waals surface area contributed by atoms with E-state index in [2.05, 4.69) is 20.1 Å². The number of furan rings is 1. The zero-order chi connectivity index (χ0) is 22.0. The number of nitrogens with one attached hydrogen (secondary N) is 1. The molecule has 0 unspecified atom stereocenters. The summed E-state index contributed by atoms with van der Waals surface area (Å²) in [5, 5.41) is 7.05. The largest absolute Gasteiger partial charge is 0.469 e. The molecule has 8 nitrogen and oxygen atoms in total. The Balaban J connectivity index is 1.73. The molecule has 1 N–H and O–H groups in total. The van der Waals surface area contributed by atoms with Crippen molar-refractivity contribution in [2.24, 2.45) is 0 Å². The van der Waals surface area contributed by atoms with Crippen LogP contribution in [0.4, 0.5) is 10.1 Å². The summed E-state index contributed by atoms with van der Waals surface area (Å²) in [5.74, 6) is -1.13. The molecule has 3 aromatic heterocycles. The van der Waals surface area contributed by atoms with E-state index in [1.807, 2.05) is 6.92 Å². The number of aryl methyl sites for hydroxylation is 1. The molecule has 0 bridgehead atoms. The van der Waals surface area contributed by atoms with Crippen LogP contribution in [0, 0.1) is 5.82 Å². The minimum Gasteiger partial charge on any atom is -0.469 e. The fraction of sp³-hybridized carbons (Fsp3) is 0.182. The van der Waals surface area contributed by atoms with Crippen LogP contribution in [-0.2, 0) is 22.4 Å². The van der Waals surface area contributed by atoms with Crippen LogP contribution in [0.15, 0.2) is 53.3 Å². The van der Waals surface area contributed by atoms with E-state index < -0.39 is 17.7 Å². The molecule has 0 spiro atoms. The van der Waals surface area contributed by atoms with Crippen molar-refractivity contribution >= 4 is 23.1 Å². The number of halogens is 1. The Kier molecular flexibility index (Phi) is 5.48. The fourth-order valence-corrected chi connectivity index (χ4v) is 3.21. The Labute approximate surface area is 176 Å². The van der Waals surface area contributed by atoms with Crippen LogP contribution in [0.25, 0.3) is 16.9 Å². The van der Waals surface area contributed by atoms with Gasteiger partial charge >= 0.3 is 5.97 Å². The topological polar surface area (TPSA) is 98.7 Å². The van der Waals surface area contributed by atoms with E-state index in [0.29, 0.717) is 23.2 Å². The average Bonchev–Trinajstić information content (AvgIpc) is 3.42. The first kappa shape index (κ1) is 20.3. The number of hydrogen-bond acceptors (Lipinski definition) is 6. The lowest BCUT2D eigenvalue weighted by molar-refractivity contribution is -0.140. The van der Waals surface area contributed by atoms with Gasteiger partial charge in [0.05, 0.1) is 30.1 Å². The SMILES string of the molecule is CCc1cccc(-c2nc(C(=O)Nc3ccoc3CC(=O)OC)c3cccn3n2)c1F. The van der Waals surface area contributed by atoms with Gasteiger partial charge in [0.2, 0.25) is 0 Å². The number of aromatic nitrogens is 3. The maximum absolute atomic E-state index is 14.9. The van der Waals surface area contributed by atoms with Gasteiger partial charge in [-0.05, 0) is 30.2 Å². The first-order valence-electron chi connectivity index (χ1n) is 9.59. The predicted molar refractivity (Wildman–Crippen MR) is 110 cm³/mol. The highest BCUT2D eigenvalue weighted by Gasteiger charge is 2.21. The third kappa shape index (κ3) is 3.89. The summed E-state index contributed by atoms with van der Waals surface area (Å²) < 4.78 is 26.3. The normalized spacial score (nSPS) is 10.9. The van der Waals surface area contributed by atoms with E-state index in [1.54, 1.807) is 36.5 Å². The molecule has 1 aromatic carbocycles. The molecule has 0 aliphatic carbocycles. The van der Waals surface area contributed by atoms with Gasteiger partial charge in [-0.2, -0.15) is 0 Å². The lowest BCUT2D eigenvalue weighted by atomic mass is 10.1. The number of carbonyl (C=O) groups excluding carboxylic acids is 2. The summed E-state index contributed by atoms with van der Waals surface area (Å²) in [6.07, 6.45) is 3.39. The monoisotopic (exact) mass is 422 g/mol. The molecule has 0 fully saturated rings. The highest BCUT2D eigenvalue weighted by atomic mass is 19.1. The van der Waals surface area contributed by atoms with Crippen LogP contribution >= 0.6 is 0 Å². The molecule has 31 heavy (non-hydrogen) atoms. The molecular formula is C22H19FN4O4. The summed E-state index contributed by atoms with van der Waals surface area (Å²) in [7, 11) is 1.27. The number of amides is 1. The molecule has 1 amide bonds. The van der Waals surface area contributed by atoms with E-state index >= 15 is 0 Å². The smallest absolute Gasteiger partial charge is 0.313 e. The second-order valence-electron chi connectivity index (χ2n) is 6.72. The van der Waals surface area contributed by atoms with E-state index in [9.17, 15) is 14.0 Å². The van der Waals surface area contributed by atoms with Gasteiger partial charge in [0.1, 0.15) is 18.0 Å². The highest BCUT2D eigenvalue weighted by Crippen LogP contribution is 2.25. The van der Waals surface area contributed by atoms with Crippen molar-refractivity contribution in [3.8, 4) is 11.4 Å². The Hall–Kier alpha value is -4.01. The summed E-state index contributed by atoms with van der Waals surface area (Å²) in [4.78, 5) is 29.0. The number of esters is 1. The Morgan fingerprint density at radius 3 is 2.84 bits per heavy atom. The third-order valence-corrected chi connectivity index (χ3v) is 4.83. The van der Waals surface area contributed by atoms with Gasteiger partial charge in [0.15, 0.2) is 11.5 Å². The van der Waals surface area contributed by atoms with Gasteiger partial charge in [0.25, 0.3) is 5.91 Å². The number of methoxy groups -OCH3 is 1. The van der Waals surface area contributed by atoms with Crippen LogP contribution in [0.1, 0.15) is 28.7 Å². The van der Waals surface area contributed by atoms with Crippen molar-refractivity contribution < 1.29 is 23.1 Å². The number of carbonyl (C=O) groups is 2. The third-order valence-electron chi connectivity index (χ3n) is 4.83. The standard InChI is InChI=1S/C22H19FN4O4/c1-3-13-6-4-7-14(19(13)23)21-25-20(16-8-5-10-27(16)26-21)22(29)24-15-9-11-31-17(15)12-18(28)30-2/h4-11H,3,12H2,1-2H3,(H,24,29). The van der Waals surface area contributed by atoms with Crippen molar-refractivity contribution in [3.05, 3.63) is 71.7 Å². The summed E-state index contributed by atoms with van der Waals surface area (Å²) >= 11 is 0. The van der Waals surface area contributed by atoms with Crippen molar-refractivity contribution in [2.75, 3.05) is 12.4 Å². The second-order valence-corrected chi connectivity index (χ2v) is 6.72.